The lowest BCUT2D eigenvalue weighted by molar-refractivity contribution is 0.261. The molecule has 0 saturated heterocycles. The van der Waals surface area contributed by atoms with Crippen LogP contribution >= 0.6 is 0 Å². The van der Waals surface area contributed by atoms with Crippen LogP contribution in [0.15, 0.2) is 192 Å². The van der Waals surface area contributed by atoms with E-state index >= 15 is 0 Å². The van der Waals surface area contributed by atoms with Crippen LogP contribution in [0.1, 0.15) is 0 Å². The third-order valence-corrected chi connectivity index (χ3v) is 11.8. The summed E-state index contributed by atoms with van der Waals surface area (Å²) in [5, 5.41) is 14.3. The van der Waals surface area contributed by atoms with Gasteiger partial charge in [-0.2, -0.15) is 16.8 Å². The molecule has 60 heavy (non-hydrogen) atoms. The van der Waals surface area contributed by atoms with Crippen LogP contribution in [0.2, 0.25) is 0 Å². The average molecular weight is 835 g/mol. The zero-order valence-corrected chi connectivity index (χ0v) is 33.0. The number of carbonyl (C=O) groups is 2. The maximum absolute atomic E-state index is 12.9. The maximum Gasteiger partial charge on any atom is 0.339 e. The number of nitrogens with one attached hydrogen (secondary N) is 4. The van der Waals surface area contributed by atoms with E-state index in [1.807, 2.05) is 72.8 Å². The summed E-state index contributed by atoms with van der Waals surface area (Å²) in [6, 6.07) is 49.7. The summed E-state index contributed by atoms with van der Waals surface area (Å²) in [6.45, 7) is 0. The minimum Gasteiger partial charge on any atom is -0.379 e. The monoisotopic (exact) mass is 834 g/mol. The zero-order chi connectivity index (χ0) is 41.7. The summed E-state index contributed by atoms with van der Waals surface area (Å²) >= 11 is 0. The quantitative estimate of drug-likeness (QED) is 0.0934. The van der Waals surface area contributed by atoms with Gasteiger partial charge in [0.1, 0.15) is 21.3 Å². The van der Waals surface area contributed by atoms with Gasteiger partial charge < -0.3 is 29.6 Å². The molecule has 0 saturated carbocycles. The standard InChI is InChI=1S/C46H34N4O8S2/c51-45(49-39-19-23-41(24-20-39)57-59(53,54)43-27-13-31-5-1-3-7-35(31)29-43)47-37-15-9-33(10-16-37)34-11-17-38(18-12-34)48-46(52)50-40-21-25-42(26-22-40)58-60(55,56)44-28-14-32-6-2-4-8-36(32)30-44/h1-30H,(H2,47,49,51)(H2,48,50,52). The van der Waals surface area contributed by atoms with Crippen LogP contribution in [0.5, 0.6) is 11.5 Å². The molecule has 0 aliphatic carbocycles. The third-order valence-electron chi connectivity index (χ3n) is 9.27. The van der Waals surface area contributed by atoms with Crippen LogP contribution < -0.4 is 29.6 Å². The Hall–Kier alpha value is -7.68. The highest BCUT2D eigenvalue weighted by Gasteiger charge is 2.19. The van der Waals surface area contributed by atoms with Crippen molar-refractivity contribution >= 4 is 76.6 Å². The highest BCUT2D eigenvalue weighted by molar-refractivity contribution is 7.87. The van der Waals surface area contributed by atoms with E-state index in [0.29, 0.717) is 22.7 Å². The van der Waals surface area contributed by atoms with Crippen molar-refractivity contribution in [3.8, 4) is 22.6 Å². The predicted octanol–water partition coefficient (Wildman–Crippen LogP) is 10.5. The van der Waals surface area contributed by atoms with Crippen molar-refractivity contribution in [2.75, 3.05) is 21.3 Å². The van der Waals surface area contributed by atoms with E-state index in [0.717, 1.165) is 32.7 Å². The molecule has 12 nitrogen and oxygen atoms in total. The summed E-state index contributed by atoms with van der Waals surface area (Å²) < 4.78 is 62.2. The molecule has 0 spiro atoms. The molecule has 0 radical (unpaired) electrons. The highest BCUT2D eigenvalue weighted by atomic mass is 32.2. The molecule has 0 aromatic heterocycles. The molecular formula is C46H34N4O8S2. The van der Waals surface area contributed by atoms with Crippen LogP contribution in [0.3, 0.4) is 0 Å². The van der Waals surface area contributed by atoms with Gasteiger partial charge in [0.25, 0.3) is 0 Å². The summed E-state index contributed by atoms with van der Waals surface area (Å²) in [6.07, 6.45) is 0. The van der Waals surface area contributed by atoms with Gasteiger partial charge in [-0.25, -0.2) is 9.59 Å². The van der Waals surface area contributed by atoms with Crippen molar-refractivity contribution in [3.63, 3.8) is 0 Å². The zero-order valence-electron chi connectivity index (χ0n) is 31.4. The number of fused-ring (bicyclic) bond motifs is 2. The Morgan fingerprint density at radius 1 is 0.350 bits per heavy atom. The Kier molecular flexibility index (Phi) is 10.9. The Bertz CT molecular complexity index is 2880. The van der Waals surface area contributed by atoms with Crippen LogP contribution in [0, 0.1) is 0 Å². The molecule has 4 N–H and O–H groups in total. The molecule has 0 heterocycles. The van der Waals surface area contributed by atoms with Gasteiger partial charge in [-0.3, -0.25) is 0 Å². The minimum absolute atomic E-state index is 0.0350. The number of amides is 4. The van der Waals surface area contributed by atoms with E-state index in [4.69, 9.17) is 8.37 Å². The largest absolute Gasteiger partial charge is 0.379 e. The first-order valence-electron chi connectivity index (χ1n) is 18.4. The van der Waals surface area contributed by atoms with Gasteiger partial charge in [-0.1, -0.05) is 84.9 Å². The van der Waals surface area contributed by atoms with Crippen LogP contribution in [-0.2, 0) is 20.2 Å². The summed E-state index contributed by atoms with van der Waals surface area (Å²) in [5.41, 5.74) is 3.68. The molecule has 0 aliphatic heterocycles. The topological polar surface area (TPSA) is 169 Å². The highest BCUT2D eigenvalue weighted by Crippen LogP contribution is 2.27. The molecule has 0 unspecified atom stereocenters. The fourth-order valence-corrected chi connectivity index (χ4v) is 8.20. The van der Waals surface area contributed by atoms with Crippen molar-refractivity contribution < 1.29 is 34.8 Å². The van der Waals surface area contributed by atoms with Gasteiger partial charge in [0.05, 0.1) is 0 Å². The van der Waals surface area contributed by atoms with Crippen LogP contribution in [-0.4, -0.2) is 28.9 Å². The molecule has 0 fully saturated rings. The lowest BCUT2D eigenvalue weighted by Crippen LogP contribution is -2.19. The lowest BCUT2D eigenvalue weighted by Gasteiger charge is -2.11. The van der Waals surface area contributed by atoms with E-state index in [-0.39, 0.29) is 21.3 Å². The van der Waals surface area contributed by atoms with E-state index in [2.05, 4.69) is 21.3 Å². The molecule has 14 heteroatoms. The molecule has 4 amide bonds. The van der Waals surface area contributed by atoms with Crippen molar-refractivity contribution in [3.05, 3.63) is 182 Å². The number of hydrogen-bond donors (Lipinski definition) is 4. The summed E-state index contributed by atoms with van der Waals surface area (Å²) in [4.78, 5) is 25.5. The van der Waals surface area contributed by atoms with E-state index in [1.165, 1.54) is 60.7 Å². The summed E-state index contributed by atoms with van der Waals surface area (Å²) in [5.74, 6) is 0.196. The smallest absolute Gasteiger partial charge is 0.339 e. The van der Waals surface area contributed by atoms with Gasteiger partial charge in [0, 0.05) is 22.7 Å². The molecule has 0 aliphatic rings. The van der Waals surface area contributed by atoms with Gasteiger partial charge in [-0.15, -0.1) is 0 Å². The number of benzene rings is 8. The Labute approximate surface area is 345 Å². The van der Waals surface area contributed by atoms with Gasteiger partial charge >= 0.3 is 32.3 Å². The van der Waals surface area contributed by atoms with E-state index in [1.54, 1.807) is 48.5 Å². The Balaban J connectivity index is 0.797. The maximum atomic E-state index is 12.9. The Morgan fingerprint density at radius 2 is 0.650 bits per heavy atom. The second-order valence-electron chi connectivity index (χ2n) is 13.5. The first kappa shape index (κ1) is 39.2. The van der Waals surface area contributed by atoms with Crippen LogP contribution in [0.25, 0.3) is 32.7 Å². The molecule has 0 bridgehead atoms. The van der Waals surface area contributed by atoms with Gasteiger partial charge in [-0.05, 0) is 130 Å². The second kappa shape index (κ2) is 16.7. The molecule has 298 valence electrons. The molecule has 8 aromatic carbocycles. The van der Waals surface area contributed by atoms with Gasteiger partial charge in [0.15, 0.2) is 0 Å². The van der Waals surface area contributed by atoms with Crippen molar-refractivity contribution in [1.82, 2.24) is 0 Å². The molecule has 0 atom stereocenters. The number of carbonyl (C=O) groups excluding carboxylic acids is 2. The molecular weight excluding hydrogens is 801 g/mol. The number of rotatable bonds is 11. The van der Waals surface area contributed by atoms with Crippen molar-refractivity contribution in [2.45, 2.75) is 9.79 Å². The first-order chi connectivity index (χ1) is 29.0. The van der Waals surface area contributed by atoms with E-state index in [9.17, 15) is 26.4 Å². The molecule has 8 aromatic rings. The molecule has 8 rings (SSSR count). The van der Waals surface area contributed by atoms with E-state index < -0.39 is 32.3 Å². The lowest BCUT2D eigenvalue weighted by atomic mass is 10.1. The van der Waals surface area contributed by atoms with Crippen molar-refractivity contribution in [1.29, 1.82) is 0 Å². The third kappa shape index (κ3) is 9.37. The SMILES string of the molecule is O=C(Nc1ccc(OS(=O)(=O)c2ccc3ccccc3c2)cc1)Nc1ccc(-c2ccc(NC(=O)Nc3ccc(OS(=O)(=O)c4ccc5ccccc5c4)cc3)cc2)cc1. The number of hydrogen-bond acceptors (Lipinski definition) is 8. The first-order valence-corrected chi connectivity index (χ1v) is 21.2. The van der Waals surface area contributed by atoms with Crippen LogP contribution in [0.4, 0.5) is 32.3 Å². The number of anilines is 4. The minimum atomic E-state index is -4.07. The Morgan fingerprint density at radius 3 is 0.983 bits per heavy atom. The normalized spacial score (nSPS) is 11.4. The second-order valence-corrected chi connectivity index (χ2v) is 16.5. The predicted molar refractivity (Wildman–Crippen MR) is 234 cm³/mol. The van der Waals surface area contributed by atoms with Crippen molar-refractivity contribution in [2.24, 2.45) is 0 Å². The number of urea groups is 2. The summed E-state index contributed by atoms with van der Waals surface area (Å²) in [7, 11) is -8.15. The van der Waals surface area contributed by atoms with Gasteiger partial charge in [0.2, 0.25) is 0 Å². The average Bonchev–Trinajstić information content (AvgIpc) is 3.25. The fraction of sp³-hybridized carbons (Fsp3) is 0. The fourth-order valence-electron chi connectivity index (χ4n) is 6.26.